The smallest absolute Gasteiger partial charge is 0.305 e. The number of H-pyrrole nitrogens is 1. The molecular weight excluding hydrogens is 276 g/mol. The van der Waals surface area contributed by atoms with Gasteiger partial charge in [-0.1, -0.05) is 18.2 Å². The molecule has 3 aromatic rings. The molecule has 0 atom stereocenters. The molecule has 0 radical (unpaired) electrons. The van der Waals surface area contributed by atoms with E-state index in [0.29, 0.717) is 0 Å². The molecule has 0 fully saturated rings. The van der Waals surface area contributed by atoms with Gasteiger partial charge in [-0.15, -0.1) is 0 Å². The van der Waals surface area contributed by atoms with Crippen LogP contribution in [-0.4, -0.2) is 17.1 Å². The summed E-state index contributed by atoms with van der Waals surface area (Å²) in [4.78, 5) is 15.0. The minimum Gasteiger partial charge on any atom is -0.361 e. The fourth-order valence-electron chi connectivity index (χ4n) is 2.33. The molecule has 22 heavy (non-hydrogen) atoms. The van der Waals surface area contributed by atoms with Gasteiger partial charge in [0.25, 0.3) is 0 Å². The van der Waals surface area contributed by atoms with Gasteiger partial charge in [-0.25, -0.2) is 5.43 Å². The van der Waals surface area contributed by atoms with Gasteiger partial charge in [0.2, 0.25) is 6.54 Å². The predicted molar refractivity (Wildman–Crippen MR) is 85.4 cm³/mol. The molecule has 110 valence electrons. The molecule has 2 heterocycles. The summed E-state index contributed by atoms with van der Waals surface area (Å²) < 4.78 is 1.83. The van der Waals surface area contributed by atoms with Gasteiger partial charge in [0, 0.05) is 34.3 Å². The van der Waals surface area contributed by atoms with Gasteiger partial charge in [0.1, 0.15) is 0 Å². The van der Waals surface area contributed by atoms with Crippen molar-refractivity contribution in [2.45, 2.75) is 13.5 Å². The normalized spacial score (nSPS) is 11.1. The van der Waals surface area contributed by atoms with E-state index >= 15 is 0 Å². The molecular formula is C17H17N4O+. The van der Waals surface area contributed by atoms with Crippen LogP contribution in [0.2, 0.25) is 0 Å². The average molecular weight is 293 g/mol. The first-order chi connectivity index (χ1) is 10.7. The number of benzene rings is 1. The first-order valence-electron chi connectivity index (χ1n) is 7.06. The molecule has 5 heteroatoms. The number of para-hydroxylation sites is 1. The molecule has 0 saturated heterocycles. The molecule has 0 aliphatic rings. The lowest BCUT2D eigenvalue weighted by Gasteiger charge is -1.97. The van der Waals surface area contributed by atoms with E-state index in [0.717, 1.165) is 22.0 Å². The lowest BCUT2D eigenvalue weighted by molar-refractivity contribution is -0.684. The van der Waals surface area contributed by atoms with Crippen molar-refractivity contribution in [2.24, 2.45) is 5.10 Å². The van der Waals surface area contributed by atoms with Crippen LogP contribution in [0.1, 0.15) is 11.1 Å². The van der Waals surface area contributed by atoms with Crippen molar-refractivity contribution >= 4 is 23.0 Å². The molecule has 5 nitrogen and oxygen atoms in total. The molecule has 2 aromatic heterocycles. The number of carbonyl (C=O) groups excluding carboxylic acids is 1. The number of hydrogen-bond donors (Lipinski definition) is 2. The second kappa shape index (κ2) is 6.22. The van der Waals surface area contributed by atoms with Gasteiger partial charge in [-0.05, 0) is 19.1 Å². The molecule has 0 unspecified atom stereocenters. The topological polar surface area (TPSA) is 61.1 Å². The van der Waals surface area contributed by atoms with Crippen LogP contribution in [0.4, 0.5) is 0 Å². The van der Waals surface area contributed by atoms with Crippen molar-refractivity contribution in [3.8, 4) is 0 Å². The number of carbonyl (C=O) groups is 1. The van der Waals surface area contributed by atoms with Gasteiger partial charge >= 0.3 is 5.91 Å². The van der Waals surface area contributed by atoms with Crippen LogP contribution in [0, 0.1) is 6.92 Å². The largest absolute Gasteiger partial charge is 0.361 e. The number of nitrogens with one attached hydrogen (secondary N) is 2. The highest BCUT2D eigenvalue weighted by Gasteiger charge is 2.08. The van der Waals surface area contributed by atoms with Crippen LogP contribution in [0.15, 0.2) is 60.1 Å². The second-order valence-corrected chi connectivity index (χ2v) is 5.14. The summed E-state index contributed by atoms with van der Waals surface area (Å²) in [5, 5.41) is 5.10. The Morgan fingerprint density at radius 1 is 1.32 bits per heavy atom. The summed E-state index contributed by atoms with van der Waals surface area (Å²) in [6, 6.07) is 11.9. The number of amides is 1. The Morgan fingerprint density at radius 3 is 3.05 bits per heavy atom. The van der Waals surface area contributed by atoms with Gasteiger partial charge in [-0.2, -0.15) is 9.67 Å². The second-order valence-electron chi connectivity index (χ2n) is 5.14. The molecule has 2 N–H and O–H groups in total. The molecule has 0 aliphatic carbocycles. The summed E-state index contributed by atoms with van der Waals surface area (Å²) in [5.74, 6) is -0.160. The fraction of sp³-hybridized carbons (Fsp3) is 0.118. The Kier molecular flexibility index (Phi) is 3.96. The van der Waals surface area contributed by atoms with Crippen molar-refractivity contribution in [1.29, 1.82) is 0 Å². The monoisotopic (exact) mass is 293 g/mol. The Labute approximate surface area is 128 Å². The number of aryl methyl sites for hydroxylation is 1. The van der Waals surface area contributed by atoms with E-state index < -0.39 is 0 Å². The predicted octanol–water partition coefficient (Wildman–Crippen LogP) is 1.91. The highest BCUT2D eigenvalue weighted by molar-refractivity contribution is 5.99. The minimum atomic E-state index is -0.160. The average Bonchev–Trinajstić information content (AvgIpc) is 2.91. The van der Waals surface area contributed by atoms with E-state index in [2.05, 4.69) is 15.5 Å². The highest BCUT2D eigenvalue weighted by atomic mass is 16.2. The van der Waals surface area contributed by atoms with Crippen molar-refractivity contribution < 1.29 is 9.36 Å². The van der Waals surface area contributed by atoms with Crippen LogP contribution in [0.3, 0.4) is 0 Å². The van der Waals surface area contributed by atoms with Crippen LogP contribution < -0.4 is 9.99 Å². The van der Waals surface area contributed by atoms with Crippen molar-refractivity contribution in [2.75, 3.05) is 0 Å². The maximum atomic E-state index is 11.9. The van der Waals surface area contributed by atoms with E-state index in [1.807, 2.05) is 66.5 Å². The van der Waals surface area contributed by atoms with Crippen LogP contribution in [-0.2, 0) is 11.3 Å². The first-order valence-corrected chi connectivity index (χ1v) is 7.06. The maximum Gasteiger partial charge on any atom is 0.305 e. The van der Waals surface area contributed by atoms with E-state index in [-0.39, 0.29) is 12.5 Å². The lowest BCUT2D eigenvalue weighted by atomic mass is 10.2. The summed E-state index contributed by atoms with van der Waals surface area (Å²) in [5.41, 5.74) is 5.65. The Bertz CT molecular complexity index is 835. The van der Waals surface area contributed by atoms with E-state index in [9.17, 15) is 4.79 Å². The highest BCUT2D eigenvalue weighted by Crippen LogP contribution is 2.15. The van der Waals surface area contributed by atoms with E-state index in [4.69, 9.17) is 0 Å². The molecule has 3 rings (SSSR count). The van der Waals surface area contributed by atoms with Crippen molar-refractivity contribution in [3.63, 3.8) is 0 Å². The summed E-state index contributed by atoms with van der Waals surface area (Å²) >= 11 is 0. The molecule has 0 aliphatic heterocycles. The SMILES string of the molecule is Cc1ccc[n+](CC(=O)NN=Cc2c[nH]c3ccccc23)c1. The fourth-order valence-corrected chi connectivity index (χ4v) is 2.33. The van der Waals surface area contributed by atoms with Crippen LogP contribution in [0.5, 0.6) is 0 Å². The number of hydrazone groups is 1. The summed E-state index contributed by atoms with van der Waals surface area (Å²) in [6.07, 6.45) is 7.30. The van der Waals surface area contributed by atoms with Gasteiger partial charge in [-0.3, -0.25) is 4.79 Å². The Balaban J connectivity index is 1.63. The molecule has 1 aromatic carbocycles. The number of aromatic nitrogens is 2. The number of aromatic amines is 1. The molecule has 0 saturated carbocycles. The third kappa shape index (κ3) is 3.20. The van der Waals surface area contributed by atoms with Crippen LogP contribution in [0.25, 0.3) is 10.9 Å². The number of nitrogens with zero attached hydrogens (tertiary/aromatic N) is 2. The van der Waals surface area contributed by atoms with E-state index in [1.54, 1.807) is 6.21 Å². The van der Waals surface area contributed by atoms with Crippen molar-refractivity contribution in [3.05, 3.63) is 66.1 Å². The third-order valence-electron chi connectivity index (χ3n) is 3.35. The quantitative estimate of drug-likeness (QED) is 0.431. The minimum absolute atomic E-state index is 0.160. The van der Waals surface area contributed by atoms with Gasteiger partial charge in [0.15, 0.2) is 12.4 Å². The number of pyridine rings is 1. The van der Waals surface area contributed by atoms with Gasteiger partial charge in [0.05, 0.1) is 6.21 Å². The first kappa shape index (κ1) is 14.0. The maximum absolute atomic E-state index is 11.9. The lowest BCUT2D eigenvalue weighted by Crippen LogP contribution is -2.41. The van der Waals surface area contributed by atoms with Crippen LogP contribution >= 0.6 is 0 Å². The zero-order valence-electron chi connectivity index (χ0n) is 12.3. The molecule has 1 amide bonds. The summed E-state index contributed by atoms with van der Waals surface area (Å²) in [6.45, 7) is 2.23. The standard InChI is InChI=1S/C17H16N4O/c1-13-5-4-8-21(11-13)12-17(22)20-19-10-14-9-18-16-7-3-2-6-15(14)16/h2-11H,12H2,1H3,(H-,18,19,20,22)/p+1. The molecule has 0 bridgehead atoms. The Morgan fingerprint density at radius 2 is 2.18 bits per heavy atom. The summed E-state index contributed by atoms with van der Waals surface area (Å²) in [7, 11) is 0. The number of fused-ring (bicyclic) bond motifs is 1. The third-order valence-corrected chi connectivity index (χ3v) is 3.35. The number of rotatable bonds is 4. The Hall–Kier alpha value is -2.95. The zero-order valence-corrected chi connectivity index (χ0v) is 12.3. The van der Waals surface area contributed by atoms with Crippen molar-refractivity contribution in [1.82, 2.24) is 10.4 Å². The van der Waals surface area contributed by atoms with E-state index in [1.165, 1.54) is 0 Å². The number of hydrogen-bond acceptors (Lipinski definition) is 2. The molecule has 0 spiro atoms. The van der Waals surface area contributed by atoms with Gasteiger partial charge < -0.3 is 4.98 Å². The zero-order chi connectivity index (χ0) is 15.4.